The molecule has 1 aromatic carbocycles. The van der Waals surface area contributed by atoms with Gasteiger partial charge in [0.1, 0.15) is 0 Å². The number of benzene rings is 1. The summed E-state index contributed by atoms with van der Waals surface area (Å²) in [6, 6.07) is 8.42. The van der Waals surface area contributed by atoms with Crippen LogP contribution in [0.25, 0.3) is 10.9 Å². The van der Waals surface area contributed by atoms with Crippen LogP contribution < -0.4 is 5.32 Å². The maximum absolute atomic E-state index is 6.40. The van der Waals surface area contributed by atoms with Crippen molar-refractivity contribution < 1.29 is 0 Å². The second-order valence-corrected chi connectivity index (χ2v) is 5.38. The molecule has 5 heteroatoms. The number of aromatic amines is 1. The van der Waals surface area contributed by atoms with E-state index in [1.165, 1.54) is 0 Å². The Morgan fingerprint density at radius 2 is 2.25 bits per heavy atom. The molecule has 0 saturated heterocycles. The molecule has 1 atom stereocenters. The van der Waals surface area contributed by atoms with Crippen LogP contribution in [0.5, 0.6) is 0 Å². The lowest BCUT2D eigenvalue weighted by atomic mass is 10.2. The van der Waals surface area contributed by atoms with E-state index >= 15 is 0 Å². The molecule has 2 N–H and O–H groups in total. The number of aromatic nitrogens is 3. The van der Waals surface area contributed by atoms with Crippen LogP contribution >= 0.6 is 11.6 Å². The summed E-state index contributed by atoms with van der Waals surface area (Å²) >= 11 is 6.40. The van der Waals surface area contributed by atoms with Crippen molar-refractivity contribution in [3.8, 4) is 0 Å². The van der Waals surface area contributed by atoms with E-state index in [1.54, 1.807) is 6.20 Å². The molecular weight excluding hydrogens is 272 g/mol. The molecule has 2 aromatic heterocycles. The number of nitrogens with zero attached hydrogens (tertiary/aromatic N) is 2. The van der Waals surface area contributed by atoms with Crippen molar-refractivity contribution in [3.05, 3.63) is 53.7 Å². The molecule has 0 spiro atoms. The quantitative estimate of drug-likeness (QED) is 0.757. The molecular formula is C15H17ClN4. The van der Waals surface area contributed by atoms with Crippen molar-refractivity contribution in [3.63, 3.8) is 0 Å². The fourth-order valence-electron chi connectivity index (χ4n) is 2.34. The van der Waals surface area contributed by atoms with Crippen molar-refractivity contribution in [2.24, 2.45) is 0 Å². The summed E-state index contributed by atoms with van der Waals surface area (Å²) in [5.74, 6) is 0. The Hall–Kier alpha value is -1.78. The molecule has 3 rings (SSSR count). The molecule has 1 unspecified atom stereocenters. The van der Waals surface area contributed by atoms with E-state index in [-0.39, 0.29) is 0 Å². The second-order valence-electron chi connectivity index (χ2n) is 5.00. The molecule has 0 aliphatic heterocycles. The Bertz CT molecular complexity index is 687. The number of rotatable bonds is 5. The van der Waals surface area contributed by atoms with E-state index in [1.807, 2.05) is 36.8 Å². The van der Waals surface area contributed by atoms with Crippen LogP contribution in [0.3, 0.4) is 0 Å². The van der Waals surface area contributed by atoms with Gasteiger partial charge < -0.3 is 14.9 Å². The molecule has 0 aliphatic carbocycles. The molecule has 0 amide bonds. The van der Waals surface area contributed by atoms with E-state index in [4.69, 9.17) is 11.6 Å². The van der Waals surface area contributed by atoms with E-state index in [9.17, 15) is 0 Å². The van der Waals surface area contributed by atoms with Gasteiger partial charge in [0.05, 0.1) is 11.3 Å². The van der Waals surface area contributed by atoms with Crippen molar-refractivity contribution >= 4 is 22.5 Å². The molecule has 0 aliphatic rings. The minimum Gasteiger partial charge on any atom is -0.356 e. The monoisotopic (exact) mass is 288 g/mol. The Balaban J connectivity index is 1.66. The van der Waals surface area contributed by atoms with Gasteiger partial charge in [0.2, 0.25) is 0 Å². The van der Waals surface area contributed by atoms with E-state index in [0.29, 0.717) is 6.04 Å². The molecule has 0 bridgehead atoms. The predicted octanol–water partition coefficient (Wildman–Crippen LogP) is 3.20. The van der Waals surface area contributed by atoms with Gasteiger partial charge >= 0.3 is 0 Å². The highest BCUT2D eigenvalue weighted by molar-refractivity contribution is 6.36. The average Bonchev–Trinajstić information content (AvgIpc) is 3.06. The third-order valence-electron chi connectivity index (χ3n) is 3.39. The van der Waals surface area contributed by atoms with Crippen LogP contribution in [-0.4, -0.2) is 20.6 Å². The largest absolute Gasteiger partial charge is 0.356 e. The summed E-state index contributed by atoms with van der Waals surface area (Å²) in [5.41, 5.74) is 2.11. The van der Waals surface area contributed by atoms with Crippen LogP contribution in [0.1, 0.15) is 12.6 Å². The first-order valence-electron chi connectivity index (χ1n) is 6.68. The number of fused-ring (bicyclic) bond motifs is 1. The van der Waals surface area contributed by atoms with Gasteiger partial charge in [0, 0.05) is 48.1 Å². The summed E-state index contributed by atoms with van der Waals surface area (Å²) in [6.45, 7) is 3.76. The third kappa shape index (κ3) is 2.71. The SMILES string of the molecule is CC(Cn1ccnc1)NCc1[nH]c2ccccc2c1Cl. The third-order valence-corrected chi connectivity index (χ3v) is 3.82. The van der Waals surface area contributed by atoms with E-state index < -0.39 is 0 Å². The highest BCUT2D eigenvalue weighted by Crippen LogP contribution is 2.26. The van der Waals surface area contributed by atoms with E-state index in [0.717, 1.165) is 34.7 Å². The molecule has 0 saturated carbocycles. The Morgan fingerprint density at radius 1 is 1.40 bits per heavy atom. The lowest BCUT2D eigenvalue weighted by molar-refractivity contribution is 0.474. The zero-order chi connectivity index (χ0) is 13.9. The van der Waals surface area contributed by atoms with Gasteiger partial charge in [-0.05, 0) is 13.0 Å². The van der Waals surface area contributed by atoms with Gasteiger partial charge in [-0.25, -0.2) is 4.98 Å². The van der Waals surface area contributed by atoms with Gasteiger partial charge in [-0.1, -0.05) is 29.8 Å². The van der Waals surface area contributed by atoms with Gasteiger partial charge in [-0.2, -0.15) is 0 Å². The molecule has 4 nitrogen and oxygen atoms in total. The summed E-state index contributed by atoms with van der Waals surface area (Å²) < 4.78 is 2.06. The first-order chi connectivity index (χ1) is 9.74. The summed E-state index contributed by atoms with van der Waals surface area (Å²) in [7, 11) is 0. The normalized spacial score (nSPS) is 12.9. The molecule has 2 heterocycles. The highest BCUT2D eigenvalue weighted by Gasteiger charge is 2.10. The van der Waals surface area contributed by atoms with Gasteiger partial charge in [-0.15, -0.1) is 0 Å². The van der Waals surface area contributed by atoms with Crippen LogP contribution in [0, 0.1) is 0 Å². The molecule has 104 valence electrons. The Labute approximate surface area is 122 Å². The minimum absolute atomic E-state index is 0.340. The second kappa shape index (κ2) is 5.69. The zero-order valence-corrected chi connectivity index (χ0v) is 12.1. The first-order valence-corrected chi connectivity index (χ1v) is 7.06. The number of nitrogens with one attached hydrogen (secondary N) is 2. The van der Waals surface area contributed by atoms with Crippen molar-refractivity contribution in [2.75, 3.05) is 0 Å². The molecule has 0 fully saturated rings. The van der Waals surface area contributed by atoms with Gasteiger partial charge in [0.25, 0.3) is 0 Å². The van der Waals surface area contributed by atoms with Crippen LogP contribution in [-0.2, 0) is 13.1 Å². The number of hydrogen-bond acceptors (Lipinski definition) is 2. The van der Waals surface area contributed by atoms with Crippen LogP contribution in [0.2, 0.25) is 5.02 Å². The lowest BCUT2D eigenvalue weighted by Gasteiger charge is -2.13. The number of para-hydroxylation sites is 1. The van der Waals surface area contributed by atoms with Crippen molar-refractivity contribution in [1.29, 1.82) is 0 Å². The summed E-state index contributed by atoms with van der Waals surface area (Å²) in [4.78, 5) is 7.41. The number of imidazole rings is 1. The van der Waals surface area contributed by atoms with Crippen LogP contribution in [0.4, 0.5) is 0 Å². The Kier molecular flexibility index (Phi) is 3.76. The highest BCUT2D eigenvalue weighted by atomic mass is 35.5. The smallest absolute Gasteiger partial charge is 0.0946 e. The fourth-order valence-corrected chi connectivity index (χ4v) is 2.62. The minimum atomic E-state index is 0.340. The maximum atomic E-state index is 6.40. The number of H-pyrrole nitrogens is 1. The topological polar surface area (TPSA) is 45.6 Å². The Morgan fingerprint density at radius 3 is 3.00 bits per heavy atom. The predicted molar refractivity (Wildman–Crippen MR) is 81.8 cm³/mol. The average molecular weight is 289 g/mol. The van der Waals surface area contributed by atoms with Gasteiger partial charge in [0.15, 0.2) is 0 Å². The van der Waals surface area contributed by atoms with Crippen molar-refractivity contribution in [1.82, 2.24) is 19.9 Å². The lowest BCUT2D eigenvalue weighted by Crippen LogP contribution is -2.29. The number of hydrogen-bond donors (Lipinski definition) is 2. The summed E-state index contributed by atoms with van der Waals surface area (Å²) in [6.07, 6.45) is 5.59. The summed E-state index contributed by atoms with van der Waals surface area (Å²) in [5, 5.41) is 5.36. The first kappa shape index (κ1) is 13.2. The zero-order valence-electron chi connectivity index (χ0n) is 11.3. The standard InChI is InChI=1S/C15H17ClN4/c1-11(9-20-7-6-17-10-20)18-8-14-15(16)12-4-2-3-5-13(12)19-14/h2-7,10-11,18-19H,8-9H2,1H3. The van der Waals surface area contributed by atoms with Crippen molar-refractivity contribution in [2.45, 2.75) is 26.1 Å². The molecule has 0 radical (unpaired) electrons. The molecule has 3 aromatic rings. The number of halogens is 1. The molecule has 20 heavy (non-hydrogen) atoms. The van der Waals surface area contributed by atoms with Crippen LogP contribution in [0.15, 0.2) is 43.0 Å². The fraction of sp³-hybridized carbons (Fsp3) is 0.267. The maximum Gasteiger partial charge on any atom is 0.0946 e. The van der Waals surface area contributed by atoms with Gasteiger partial charge in [-0.3, -0.25) is 0 Å². The van der Waals surface area contributed by atoms with E-state index in [2.05, 4.69) is 26.8 Å².